The number of rotatable bonds is 4. The number of piperidine rings is 1. The van der Waals surface area contributed by atoms with Crippen molar-refractivity contribution in [1.82, 2.24) is 4.90 Å². The third kappa shape index (κ3) is 4.59. The van der Waals surface area contributed by atoms with Crippen LogP contribution in [0.4, 0.5) is 4.79 Å². The highest BCUT2D eigenvalue weighted by molar-refractivity contribution is 5.67. The van der Waals surface area contributed by atoms with Gasteiger partial charge in [-0.15, -0.1) is 0 Å². The van der Waals surface area contributed by atoms with Gasteiger partial charge in [-0.2, -0.15) is 10.1 Å². The van der Waals surface area contributed by atoms with Crippen LogP contribution in [-0.2, 0) is 9.78 Å². The van der Waals surface area contributed by atoms with Crippen molar-refractivity contribution in [1.29, 1.82) is 5.26 Å². The second-order valence-electron chi connectivity index (χ2n) is 3.54. The Bertz CT molecular complexity index is 347. The molecular weight excluding hydrogens is 226 g/mol. The number of hydrogen-bond acceptors (Lipinski definition) is 5. The first kappa shape index (κ1) is 13.1. The number of carbonyl (C=O) groups is 1. The van der Waals surface area contributed by atoms with Crippen LogP contribution in [-0.4, -0.2) is 37.2 Å². The third-order valence-corrected chi connectivity index (χ3v) is 2.33. The molecule has 1 atom stereocenters. The number of carbonyl (C=O) groups excluding carboxylic acids is 1. The molecule has 8 heteroatoms. The summed E-state index contributed by atoms with van der Waals surface area (Å²) in [4.78, 5) is 24.5. The van der Waals surface area contributed by atoms with Crippen LogP contribution < -0.4 is 0 Å². The minimum Gasteiger partial charge on any atom is -0.305 e. The van der Waals surface area contributed by atoms with Crippen molar-refractivity contribution in [2.75, 3.05) is 26.2 Å². The summed E-state index contributed by atoms with van der Waals surface area (Å²) in [5.74, 6) is -0.139. The lowest BCUT2D eigenvalue weighted by Crippen LogP contribution is -2.39. The predicted octanol–water partition coefficient (Wildman–Crippen LogP) is 1.60. The molecule has 92 valence electrons. The predicted molar refractivity (Wildman–Crippen MR) is 56.4 cm³/mol. The Morgan fingerprint density at radius 1 is 1.71 bits per heavy atom. The van der Waals surface area contributed by atoms with Crippen molar-refractivity contribution < 1.29 is 14.6 Å². The summed E-state index contributed by atoms with van der Waals surface area (Å²) in [5, 5.41) is 12.0. The fourth-order valence-electron chi connectivity index (χ4n) is 1.52. The third-order valence-electron chi connectivity index (χ3n) is 2.33. The van der Waals surface area contributed by atoms with Crippen LogP contribution >= 0.6 is 0 Å². The van der Waals surface area contributed by atoms with Gasteiger partial charge in [-0.1, -0.05) is 5.11 Å². The van der Waals surface area contributed by atoms with Gasteiger partial charge in [-0.25, -0.2) is 4.79 Å². The first-order valence-corrected chi connectivity index (χ1v) is 5.26. The first-order valence-electron chi connectivity index (χ1n) is 5.26. The van der Waals surface area contributed by atoms with Gasteiger partial charge < -0.3 is 4.90 Å². The molecule has 1 heterocycles. The fraction of sp³-hybridized carbons (Fsp3) is 0.778. The van der Waals surface area contributed by atoms with E-state index in [1.165, 1.54) is 4.90 Å². The Morgan fingerprint density at radius 2 is 2.53 bits per heavy atom. The standard InChI is InChI=1S/C9H13N5O3/c10-6-8-2-1-4-14(7-8)9(15)17-16-5-3-12-13-11/h8H,1-5,7H2. The minimum absolute atomic E-state index is 0.0192. The quantitative estimate of drug-likeness (QED) is 0.185. The average Bonchev–Trinajstić information content (AvgIpc) is 2.38. The molecule has 0 saturated carbocycles. The molecule has 8 nitrogen and oxygen atoms in total. The molecule has 0 aromatic heterocycles. The largest absolute Gasteiger partial charge is 0.441 e. The van der Waals surface area contributed by atoms with Crippen molar-refractivity contribution in [2.45, 2.75) is 12.8 Å². The molecule has 1 amide bonds. The van der Waals surface area contributed by atoms with Crippen LogP contribution in [0, 0.1) is 17.2 Å². The SMILES string of the molecule is N#CC1CCCN(C(=O)OOCCN=[N+]=[N-])C1. The molecule has 17 heavy (non-hydrogen) atoms. The van der Waals surface area contributed by atoms with E-state index in [9.17, 15) is 4.79 Å². The smallest absolute Gasteiger partial charge is 0.305 e. The van der Waals surface area contributed by atoms with Crippen molar-refractivity contribution in [2.24, 2.45) is 11.0 Å². The van der Waals surface area contributed by atoms with Gasteiger partial charge >= 0.3 is 6.09 Å². The highest BCUT2D eigenvalue weighted by atomic mass is 17.2. The van der Waals surface area contributed by atoms with Crippen LogP contribution in [0.15, 0.2) is 5.11 Å². The van der Waals surface area contributed by atoms with E-state index >= 15 is 0 Å². The fourth-order valence-corrected chi connectivity index (χ4v) is 1.52. The van der Waals surface area contributed by atoms with Crippen LogP contribution in [0.2, 0.25) is 0 Å². The van der Waals surface area contributed by atoms with E-state index in [-0.39, 0.29) is 19.1 Å². The summed E-state index contributed by atoms with van der Waals surface area (Å²) >= 11 is 0. The summed E-state index contributed by atoms with van der Waals surface area (Å²) in [6.07, 6.45) is 0.982. The molecule has 0 aromatic carbocycles. The summed E-state index contributed by atoms with van der Waals surface area (Å²) in [6.45, 7) is 1.06. The van der Waals surface area contributed by atoms with Gasteiger partial charge in [0, 0.05) is 18.0 Å². The zero-order valence-corrected chi connectivity index (χ0v) is 9.28. The first-order chi connectivity index (χ1) is 8.27. The van der Waals surface area contributed by atoms with E-state index in [4.69, 9.17) is 10.8 Å². The number of amides is 1. The van der Waals surface area contributed by atoms with Gasteiger partial charge in [0.05, 0.1) is 25.1 Å². The number of azide groups is 1. The second-order valence-corrected chi connectivity index (χ2v) is 3.54. The lowest BCUT2D eigenvalue weighted by molar-refractivity contribution is -0.243. The molecule has 0 aliphatic carbocycles. The Balaban J connectivity index is 2.23. The van der Waals surface area contributed by atoms with E-state index < -0.39 is 6.09 Å². The van der Waals surface area contributed by atoms with E-state index in [1.807, 2.05) is 0 Å². The molecule has 1 rings (SSSR count). The highest BCUT2D eigenvalue weighted by Crippen LogP contribution is 2.16. The molecule has 0 radical (unpaired) electrons. The molecule has 0 bridgehead atoms. The van der Waals surface area contributed by atoms with Crippen LogP contribution in [0.5, 0.6) is 0 Å². The van der Waals surface area contributed by atoms with Gasteiger partial charge in [0.1, 0.15) is 0 Å². The summed E-state index contributed by atoms with van der Waals surface area (Å²) in [5.41, 5.74) is 7.99. The second kappa shape index (κ2) is 7.33. The summed E-state index contributed by atoms with van der Waals surface area (Å²) < 4.78 is 0. The number of hydrogen-bond donors (Lipinski definition) is 0. The molecule has 1 unspecified atom stereocenters. The molecule has 1 aliphatic rings. The minimum atomic E-state index is -0.606. The van der Waals surface area contributed by atoms with Crippen molar-refractivity contribution in [3.05, 3.63) is 10.4 Å². The maximum atomic E-state index is 11.5. The van der Waals surface area contributed by atoms with Crippen LogP contribution in [0.1, 0.15) is 12.8 Å². The van der Waals surface area contributed by atoms with E-state index in [0.29, 0.717) is 13.1 Å². The average molecular weight is 239 g/mol. The topological polar surface area (TPSA) is 111 Å². The number of nitriles is 1. The Hall–Kier alpha value is -1.97. The molecule has 0 aromatic rings. The Labute approximate surface area is 98.3 Å². The van der Waals surface area contributed by atoms with E-state index in [1.54, 1.807) is 0 Å². The maximum absolute atomic E-state index is 11.5. The molecule has 0 N–H and O–H groups in total. The Kier molecular flexibility index (Phi) is 5.64. The van der Waals surface area contributed by atoms with Crippen molar-refractivity contribution in [3.8, 4) is 6.07 Å². The lowest BCUT2D eigenvalue weighted by atomic mass is 10.0. The summed E-state index contributed by atoms with van der Waals surface area (Å²) in [6, 6.07) is 2.13. The van der Waals surface area contributed by atoms with Gasteiger partial charge in [0.25, 0.3) is 0 Å². The molecule has 1 saturated heterocycles. The number of nitrogens with zero attached hydrogens (tertiary/aromatic N) is 5. The normalized spacial score (nSPS) is 19.0. The molecule has 1 fully saturated rings. The zero-order valence-electron chi connectivity index (χ0n) is 9.28. The van der Waals surface area contributed by atoms with Gasteiger partial charge in [-0.05, 0) is 18.4 Å². The van der Waals surface area contributed by atoms with E-state index in [0.717, 1.165) is 12.8 Å². The summed E-state index contributed by atoms with van der Waals surface area (Å²) in [7, 11) is 0. The van der Waals surface area contributed by atoms with Crippen molar-refractivity contribution >= 4 is 6.09 Å². The number of likely N-dealkylation sites (tertiary alicyclic amines) is 1. The molecule has 1 aliphatic heterocycles. The Morgan fingerprint density at radius 3 is 3.24 bits per heavy atom. The van der Waals surface area contributed by atoms with E-state index in [2.05, 4.69) is 25.9 Å². The lowest BCUT2D eigenvalue weighted by Gasteiger charge is -2.27. The van der Waals surface area contributed by atoms with Crippen LogP contribution in [0.25, 0.3) is 10.4 Å². The highest BCUT2D eigenvalue weighted by Gasteiger charge is 2.24. The monoisotopic (exact) mass is 239 g/mol. The van der Waals surface area contributed by atoms with Gasteiger partial charge in [0.15, 0.2) is 0 Å². The molecule has 0 spiro atoms. The van der Waals surface area contributed by atoms with Crippen molar-refractivity contribution in [3.63, 3.8) is 0 Å². The van der Waals surface area contributed by atoms with Gasteiger partial charge in [-0.3, -0.25) is 4.89 Å². The molecular formula is C9H13N5O3. The van der Waals surface area contributed by atoms with Crippen LogP contribution in [0.3, 0.4) is 0 Å². The van der Waals surface area contributed by atoms with Gasteiger partial charge in [0.2, 0.25) is 0 Å². The maximum Gasteiger partial charge on any atom is 0.441 e. The zero-order chi connectivity index (χ0) is 12.5.